The standard InChI is InChI=1S/C30H33ClN2O3/c31-26-16-13-25(14-17-26)22-33(29(34)18-15-23-8-3-1-4-9-23)28(20-24-10-5-2-6-11-24)30(35)32-21-27-12-7-19-36-27/h1-6,8-11,13-14,16-17,27-28H,7,12,15,18-22H2,(H,32,35)/t27-,28+/m1/s1. The average Bonchev–Trinajstić information content (AvgIpc) is 3.44. The molecule has 1 aliphatic heterocycles. The van der Waals surface area contributed by atoms with E-state index in [1.165, 1.54) is 0 Å². The van der Waals surface area contributed by atoms with Crippen molar-refractivity contribution in [2.24, 2.45) is 0 Å². The van der Waals surface area contributed by atoms with Crippen LogP contribution in [0.25, 0.3) is 0 Å². The fourth-order valence-corrected chi connectivity index (χ4v) is 4.64. The number of hydrogen-bond acceptors (Lipinski definition) is 3. The van der Waals surface area contributed by atoms with Crippen LogP contribution in [0.15, 0.2) is 84.9 Å². The molecule has 1 fully saturated rings. The normalized spacial score (nSPS) is 15.9. The van der Waals surface area contributed by atoms with Crippen molar-refractivity contribution in [3.8, 4) is 0 Å². The number of aryl methyl sites for hydroxylation is 1. The Balaban J connectivity index is 1.57. The van der Waals surface area contributed by atoms with E-state index in [1.54, 1.807) is 4.90 Å². The fraction of sp³-hybridized carbons (Fsp3) is 0.333. The first kappa shape index (κ1) is 25.9. The van der Waals surface area contributed by atoms with Gasteiger partial charge in [0.15, 0.2) is 0 Å². The molecule has 0 spiro atoms. The van der Waals surface area contributed by atoms with Gasteiger partial charge < -0.3 is 15.0 Å². The lowest BCUT2D eigenvalue weighted by molar-refractivity contribution is -0.141. The lowest BCUT2D eigenvalue weighted by atomic mass is 10.0. The minimum atomic E-state index is -0.646. The first-order valence-electron chi connectivity index (χ1n) is 12.6. The number of carbonyl (C=O) groups is 2. The molecule has 0 unspecified atom stereocenters. The van der Waals surface area contributed by atoms with E-state index >= 15 is 0 Å². The van der Waals surface area contributed by atoms with Gasteiger partial charge in [-0.3, -0.25) is 9.59 Å². The Kier molecular flexibility index (Phi) is 9.54. The molecule has 1 saturated heterocycles. The first-order chi connectivity index (χ1) is 17.6. The molecular weight excluding hydrogens is 472 g/mol. The third kappa shape index (κ3) is 7.67. The van der Waals surface area contributed by atoms with Crippen molar-refractivity contribution < 1.29 is 14.3 Å². The van der Waals surface area contributed by atoms with Crippen LogP contribution in [0.4, 0.5) is 0 Å². The maximum Gasteiger partial charge on any atom is 0.243 e. The van der Waals surface area contributed by atoms with E-state index in [1.807, 2.05) is 84.9 Å². The molecule has 1 aliphatic rings. The van der Waals surface area contributed by atoms with Gasteiger partial charge in [-0.25, -0.2) is 0 Å². The van der Waals surface area contributed by atoms with Crippen molar-refractivity contribution in [2.45, 2.75) is 50.8 Å². The summed E-state index contributed by atoms with van der Waals surface area (Å²) in [7, 11) is 0. The summed E-state index contributed by atoms with van der Waals surface area (Å²) >= 11 is 6.10. The molecular formula is C30H33ClN2O3. The zero-order chi connectivity index (χ0) is 25.2. The number of carbonyl (C=O) groups excluding carboxylic acids is 2. The molecule has 36 heavy (non-hydrogen) atoms. The van der Waals surface area contributed by atoms with Crippen molar-refractivity contribution >= 4 is 23.4 Å². The molecule has 2 atom stereocenters. The van der Waals surface area contributed by atoms with Gasteiger partial charge in [0.1, 0.15) is 6.04 Å². The molecule has 2 amide bonds. The van der Waals surface area contributed by atoms with Crippen LogP contribution >= 0.6 is 11.6 Å². The molecule has 188 valence electrons. The minimum absolute atomic E-state index is 0.0322. The lowest BCUT2D eigenvalue weighted by Crippen LogP contribution is -2.51. The zero-order valence-electron chi connectivity index (χ0n) is 20.4. The second-order valence-electron chi connectivity index (χ2n) is 9.22. The quantitative estimate of drug-likeness (QED) is 0.390. The molecule has 0 aliphatic carbocycles. The number of amides is 2. The monoisotopic (exact) mass is 504 g/mol. The van der Waals surface area contributed by atoms with Gasteiger partial charge in [0.05, 0.1) is 6.10 Å². The molecule has 0 aromatic heterocycles. The van der Waals surface area contributed by atoms with Gasteiger partial charge in [0.25, 0.3) is 0 Å². The average molecular weight is 505 g/mol. The predicted molar refractivity (Wildman–Crippen MR) is 143 cm³/mol. The van der Waals surface area contributed by atoms with E-state index in [9.17, 15) is 9.59 Å². The Morgan fingerprint density at radius 1 is 0.917 bits per heavy atom. The minimum Gasteiger partial charge on any atom is -0.376 e. The summed E-state index contributed by atoms with van der Waals surface area (Å²) in [5.74, 6) is -0.210. The van der Waals surface area contributed by atoms with Crippen LogP contribution < -0.4 is 5.32 Å². The highest BCUT2D eigenvalue weighted by atomic mass is 35.5. The van der Waals surface area contributed by atoms with Gasteiger partial charge in [-0.1, -0.05) is 84.4 Å². The maximum absolute atomic E-state index is 13.7. The van der Waals surface area contributed by atoms with Crippen LogP contribution in [0.3, 0.4) is 0 Å². The van der Waals surface area contributed by atoms with Gasteiger partial charge in [0, 0.05) is 37.6 Å². The van der Waals surface area contributed by atoms with Gasteiger partial charge in [0.2, 0.25) is 11.8 Å². The highest BCUT2D eigenvalue weighted by Crippen LogP contribution is 2.19. The van der Waals surface area contributed by atoms with Gasteiger partial charge >= 0.3 is 0 Å². The van der Waals surface area contributed by atoms with Crippen molar-refractivity contribution in [2.75, 3.05) is 13.2 Å². The smallest absolute Gasteiger partial charge is 0.243 e. The summed E-state index contributed by atoms with van der Waals surface area (Å²) in [6.45, 7) is 1.52. The zero-order valence-corrected chi connectivity index (χ0v) is 21.2. The van der Waals surface area contributed by atoms with Crippen molar-refractivity contribution in [3.63, 3.8) is 0 Å². The molecule has 1 heterocycles. The van der Waals surface area contributed by atoms with Crippen LogP contribution in [0.5, 0.6) is 0 Å². The second kappa shape index (κ2) is 13.2. The van der Waals surface area contributed by atoms with Crippen LogP contribution in [0.1, 0.15) is 36.0 Å². The third-order valence-corrected chi connectivity index (χ3v) is 6.79. The second-order valence-corrected chi connectivity index (χ2v) is 9.66. The van der Waals surface area contributed by atoms with Gasteiger partial charge in [-0.05, 0) is 48.1 Å². The lowest BCUT2D eigenvalue weighted by Gasteiger charge is -2.32. The number of rotatable bonds is 11. The Bertz CT molecular complexity index is 1100. The number of benzene rings is 3. The Morgan fingerprint density at radius 2 is 1.58 bits per heavy atom. The summed E-state index contributed by atoms with van der Waals surface area (Å²) in [5.41, 5.74) is 3.03. The van der Waals surface area contributed by atoms with E-state index in [-0.39, 0.29) is 17.9 Å². The Morgan fingerprint density at radius 3 is 2.22 bits per heavy atom. The molecule has 4 rings (SSSR count). The van der Waals surface area contributed by atoms with Crippen LogP contribution in [0, 0.1) is 0 Å². The molecule has 6 heteroatoms. The maximum atomic E-state index is 13.7. The number of ether oxygens (including phenoxy) is 1. The number of halogens is 1. The predicted octanol–water partition coefficient (Wildman–Crippen LogP) is 5.21. The number of nitrogens with one attached hydrogen (secondary N) is 1. The molecule has 0 radical (unpaired) electrons. The summed E-state index contributed by atoms with van der Waals surface area (Å²) < 4.78 is 5.70. The van der Waals surface area contributed by atoms with Crippen LogP contribution in [0.2, 0.25) is 5.02 Å². The summed E-state index contributed by atoms with van der Waals surface area (Å²) in [6.07, 6.45) is 3.35. The van der Waals surface area contributed by atoms with E-state index in [4.69, 9.17) is 16.3 Å². The van der Waals surface area contributed by atoms with E-state index < -0.39 is 6.04 Å². The Hall–Kier alpha value is -3.15. The van der Waals surface area contributed by atoms with E-state index in [0.29, 0.717) is 37.4 Å². The largest absolute Gasteiger partial charge is 0.376 e. The van der Waals surface area contributed by atoms with E-state index in [0.717, 1.165) is 36.1 Å². The molecule has 0 bridgehead atoms. The summed E-state index contributed by atoms with van der Waals surface area (Å²) in [5, 5.41) is 3.71. The number of hydrogen-bond donors (Lipinski definition) is 1. The molecule has 1 N–H and O–H groups in total. The summed E-state index contributed by atoms with van der Waals surface area (Å²) in [4.78, 5) is 29.0. The SMILES string of the molecule is O=C(NC[C@H]1CCCO1)[C@H](Cc1ccccc1)N(Cc1ccc(Cl)cc1)C(=O)CCc1ccccc1. The Labute approximate surface area is 218 Å². The third-order valence-electron chi connectivity index (χ3n) is 6.54. The topological polar surface area (TPSA) is 58.6 Å². The fourth-order valence-electron chi connectivity index (χ4n) is 4.52. The van der Waals surface area contributed by atoms with Crippen molar-refractivity contribution in [1.29, 1.82) is 0 Å². The van der Waals surface area contributed by atoms with Crippen LogP contribution in [-0.4, -0.2) is 42.0 Å². The molecule has 5 nitrogen and oxygen atoms in total. The highest BCUT2D eigenvalue weighted by molar-refractivity contribution is 6.30. The first-order valence-corrected chi connectivity index (χ1v) is 13.0. The van der Waals surface area contributed by atoms with Gasteiger partial charge in [-0.2, -0.15) is 0 Å². The number of nitrogens with zero attached hydrogens (tertiary/aromatic N) is 1. The molecule has 3 aromatic carbocycles. The molecule has 0 saturated carbocycles. The molecule has 3 aromatic rings. The van der Waals surface area contributed by atoms with Gasteiger partial charge in [-0.15, -0.1) is 0 Å². The van der Waals surface area contributed by atoms with Crippen LogP contribution in [-0.2, 0) is 33.7 Å². The summed E-state index contributed by atoms with van der Waals surface area (Å²) in [6, 6.07) is 26.6. The van der Waals surface area contributed by atoms with Crippen molar-refractivity contribution in [3.05, 3.63) is 107 Å². The van der Waals surface area contributed by atoms with E-state index in [2.05, 4.69) is 5.32 Å². The van der Waals surface area contributed by atoms with Crippen molar-refractivity contribution in [1.82, 2.24) is 10.2 Å². The highest BCUT2D eigenvalue weighted by Gasteiger charge is 2.31.